The van der Waals surface area contributed by atoms with E-state index in [0.29, 0.717) is 6.54 Å². The quantitative estimate of drug-likeness (QED) is 0.566. The molecule has 2 atom stereocenters. The normalized spacial score (nSPS) is 22.4. The maximum absolute atomic E-state index is 11.0. The summed E-state index contributed by atoms with van der Waals surface area (Å²) in [5.41, 5.74) is 0. The summed E-state index contributed by atoms with van der Waals surface area (Å²) in [5, 5.41) is 19.9. The highest BCUT2D eigenvalue weighted by Crippen LogP contribution is 2.10. The van der Waals surface area contributed by atoms with Crippen LogP contribution in [0.5, 0.6) is 0 Å². The molecule has 3 N–H and O–H groups in total. The number of hydrogen-bond donors (Lipinski definition) is 3. The lowest BCUT2D eigenvalue weighted by atomic mass is 10.2. The Morgan fingerprint density at radius 2 is 2.47 bits per heavy atom. The minimum Gasteiger partial charge on any atom is -0.447 e. The maximum Gasteiger partial charge on any atom is 0.407 e. The first-order valence-electron chi connectivity index (χ1n) is 5.03. The van der Waals surface area contributed by atoms with Crippen LogP contribution in [0.4, 0.5) is 4.79 Å². The van der Waals surface area contributed by atoms with Gasteiger partial charge >= 0.3 is 6.09 Å². The molecule has 88 valence electrons. The average molecular weight is 219 g/mol. The van der Waals surface area contributed by atoms with Crippen LogP contribution in [0.1, 0.15) is 12.8 Å². The molecule has 2 unspecified atom stereocenters. The average Bonchev–Trinajstić information content (AvgIpc) is 2.75. The van der Waals surface area contributed by atoms with Gasteiger partial charge < -0.3 is 25.0 Å². The number of carbonyl (C=O) groups excluding carboxylic acids is 1. The molecule has 6 heteroatoms. The molecule has 0 aromatic rings. The monoisotopic (exact) mass is 219 g/mol. The molecule has 1 saturated heterocycles. The van der Waals surface area contributed by atoms with E-state index in [1.54, 1.807) is 0 Å². The van der Waals surface area contributed by atoms with E-state index >= 15 is 0 Å². The van der Waals surface area contributed by atoms with Crippen LogP contribution in [0.2, 0.25) is 0 Å². The van der Waals surface area contributed by atoms with E-state index in [0.717, 1.165) is 19.4 Å². The summed E-state index contributed by atoms with van der Waals surface area (Å²) in [5.74, 6) is 0. The molecule has 0 aliphatic carbocycles. The Kier molecular flexibility index (Phi) is 5.38. The van der Waals surface area contributed by atoms with Crippen molar-refractivity contribution in [1.29, 1.82) is 0 Å². The smallest absolute Gasteiger partial charge is 0.407 e. The second-order valence-electron chi connectivity index (χ2n) is 3.45. The Morgan fingerprint density at radius 3 is 3.07 bits per heavy atom. The van der Waals surface area contributed by atoms with Gasteiger partial charge in [-0.05, 0) is 12.8 Å². The second kappa shape index (κ2) is 6.60. The SMILES string of the molecule is O=C(NCC1CCCO1)OCC(O)CO. The van der Waals surface area contributed by atoms with Crippen LogP contribution < -0.4 is 5.32 Å². The molecule has 1 fully saturated rings. The van der Waals surface area contributed by atoms with E-state index in [2.05, 4.69) is 10.1 Å². The van der Waals surface area contributed by atoms with Gasteiger partial charge in [0.2, 0.25) is 0 Å². The van der Waals surface area contributed by atoms with E-state index < -0.39 is 18.8 Å². The number of aliphatic hydroxyl groups is 2. The fraction of sp³-hybridized carbons (Fsp3) is 0.889. The third-order valence-electron chi connectivity index (χ3n) is 2.12. The van der Waals surface area contributed by atoms with Crippen LogP contribution in [0, 0.1) is 0 Å². The zero-order chi connectivity index (χ0) is 11.1. The zero-order valence-electron chi connectivity index (χ0n) is 8.52. The van der Waals surface area contributed by atoms with Gasteiger partial charge in [-0.25, -0.2) is 4.79 Å². The Hall–Kier alpha value is -0.850. The van der Waals surface area contributed by atoms with Gasteiger partial charge in [0, 0.05) is 13.2 Å². The van der Waals surface area contributed by atoms with Crippen molar-refractivity contribution >= 4 is 6.09 Å². The number of carbonyl (C=O) groups is 1. The van der Waals surface area contributed by atoms with Crippen LogP contribution in [0.25, 0.3) is 0 Å². The van der Waals surface area contributed by atoms with Gasteiger partial charge in [-0.3, -0.25) is 0 Å². The molecule has 0 spiro atoms. The standard InChI is InChI=1S/C9H17NO5/c11-5-7(12)6-15-9(13)10-4-8-2-1-3-14-8/h7-8,11-12H,1-6H2,(H,10,13). The molecular weight excluding hydrogens is 202 g/mol. The molecule has 15 heavy (non-hydrogen) atoms. The van der Waals surface area contributed by atoms with Gasteiger partial charge in [-0.2, -0.15) is 0 Å². The van der Waals surface area contributed by atoms with Gasteiger partial charge in [0.15, 0.2) is 0 Å². The highest BCUT2D eigenvalue weighted by atomic mass is 16.6. The second-order valence-corrected chi connectivity index (χ2v) is 3.45. The predicted molar refractivity (Wildman–Crippen MR) is 51.4 cm³/mol. The van der Waals surface area contributed by atoms with Crippen molar-refractivity contribution in [1.82, 2.24) is 5.32 Å². The summed E-state index contributed by atoms with van der Waals surface area (Å²) in [4.78, 5) is 11.0. The van der Waals surface area contributed by atoms with Gasteiger partial charge in [0.05, 0.1) is 12.7 Å². The van der Waals surface area contributed by atoms with Crippen LogP contribution in [-0.2, 0) is 9.47 Å². The lowest BCUT2D eigenvalue weighted by molar-refractivity contribution is 0.0304. The molecule has 0 aromatic heterocycles. The minimum atomic E-state index is -1.02. The van der Waals surface area contributed by atoms with Crippen molar-refractivity contribution in [3.63, 3.8) is 0 Å². The molecule has 0 aromatic carbocycles. The molecule has 1 heterocycles. The Bertz CT molecular complexity index is 193. The highest BCUT2D eigenvalue weighted by Gasteiger charge is 2.16. The first-order chi connectivity index (χ1) is 7.22. The number of rotatable bonds is 5. The number of aliphatic hydroxyl groups excluding tert-OH is 2. The topological polar surface area (TPSA) is 88.0 Å². The lowest BCUT2D eigenvalue weighted by Gasteiger charge is -2.12. The zero-order valence-corrected chi connectivity index (χ0v) is 8.52. The Balaban J connectivity index is 2.02. The fourth-order valence-electron chi connectivity index (χ4n) is 1.28. The molecule has 0 bridgehead atoms. The minimum absolute atomic E-state index is 0.0697. The van der Waals surface area contributed by atoms with E-state index in [1.807, 2.05) is 0 Å². The third-order valence-corrected chi connectivity index (χ3v) is 2.12. The van der Waals surface area contributed by atoms with E-state index in [-0.39, 0.29) is 12.7 Å². The number of hydrogen-bond acceptors (Lipinski definition) is 5. The predicted octanol–water partition coefficient (Wildman–Crippen LogP) is -0.755. The van der Waals surface area contributed by atoms with Gasteiger partial charge in [0.25, 0.3) is 0 Å². The molecule has 1 aliphatic rings. The molecule has 0 radical (unpaired) electrons. The summed E-state index contributed by atoms with van der Waals surface area (Å²) < 4.78 is 9.93. The summed E-state index contributed by atoms with van der Waals surface area (Å²) in [6, 6.07) is 0. The largest absolute Gasteiger partial charge is 0.447 e. The van der Waals surface area contributed by atoms with Crippen LogP contribution in [0.3, 0.4) is 0 Å². The summed E-state index contributed by atoms with van der Waals surface area (Å²) >= 11 is 0. The number of ether oxygens (including phenoxy) is 2. The molecule has 1 rings (SSSR count). The van der Waals surface area contributed by atoms with Crippen LogP contribution in [0.15, 0.2) is 0 Å². The molecule has 6 nitrogen and oxygen atoms in total. The Labute approximate surface area is 88.2 Å². The van der Waals surface area contributed by atoms with Crippen molar-refractivity contribution < 1.29 is 24.5 Å². The number of nitrogens with one attached hydrogen (secondary N) is 1. The fourth-order valence-corrected chi connectivity index (χ4v) is 1.28. The van der Waals surface area contributed by atoms with Crippen molar-refractivity contribution in [2.45, 2.75) is 25.0 Å². The van der Waals surface area contributed by atoms with Gasteiger partial charge in [0.1, 0.15) is 12.7 Å². The van der Waals surface area contributed by atoms with Crippen molar-refractivity contribution in [2.75, 3.05) is 26.4 Å². The van der Waals surface area contributed by atoms with Crippen molar-refractivity contribution in [3.05, 3.63) is 0 Å². The van der Waals surface area contributed by atoms with Gasteiger partial charge in [-0.15, -0.1) is 0 Å². The van der Waals surface area contributed by atoms with Crippen molar-refractivity contribution in [3.8, 4) is 0 Å². The number of amides is 1. The summed E-state index contributed by atoms with van der Waals surface area (Å²) in [7, 11) is 0. The first-order valence-corrected chi connectivity index (χ1v) is 5.03. The van der Waals surface area contributed by atoms with Crippen LogP contribution >= 0.6 is 0 Å². The Morgan fingerprint density at radius 1 is 1.67 bits per heavy atom. The molecule has 1 aliphatic heterocycles. The van der Waals surface area contributed by atoms with E-state index in [9.17, 15) is 4.79 Å². The number of alkyl carbamates (subject to hydrolysis) is 1. The molecule has 0 saturated carbocycles. The highest BCUT2D eigenvalue weighted by molar-refractivity contribution is 5.67. The third kappa shape index (κ3) is 4.96. The molecular formula is C9H17NO5. The van der Waals surface area contributed by atoms with Crippen LogP contribution in [-0.4, -0.2) is 54.9 Å². The maximum atomic E-state index is 11.0. The van der Waals surface area contributed by atoms with E-state index in [4.69, 9.17) is 14.9 Å². The first kappa shape index (κ1) is 12.2. The van der Waals surface area contributed by atoms with E-state index in [1.165, 1.54) is 0 Å². The summed E-state index contributed by atoms with van der Waals surface area (Å²) in [6.07, 6.45) is 0.418. The lowest BCUT2D eigenvalue weighted by Crippen LogP contribution is -2.34. The van der Waals surface area contributed by atoms with Gasteiger partial charge in [-0.1, -0.05) is 0 Å². The summed E-state index contributed by atoms with van der Waals surface area (Å²) in [6.45, 7) is 0.547. The molecule has 1 amide bonds. The van der Waals surface area contributed by atoms with Crippen molar-refractivity contribution in [2.24, 2.45) is 0 Å².